The summed E-state index contributed by atoms with van der Waals surface area (Å²) >= 11 is 0. The average Bonchev–Trinajstić information content (AvgIpc) is 3.80. The van der Waals surface area contributed by atoms with Crippen molar-refractivity contribution in [3.8, 4) is 0 Å². The molecule has 5 rings (SSSR count). The van der Waals surface area contributed by atoms with Gasteiger partial charge in [0.25, 0.3) is 0 Å². The quantitative estimate of drug-likeness (QED) is 0.260. The van der Waals surface area contributed by atoms with Crippen LogP contribution in [0.4, 0.5) is 0 Å². The molecule has 5 nitrogen and oxygen atoms in total. The summed E-state index contributed by atoms with van der Waals surface area (Å²) in [4.78, 5) is 27.8. The lowest BCUT2D eigenvalue weighted by molar-refractivity contribution is -0.121. The summed E-state index contributed by atoms with van der Waals surface area (Å²) in [7, 11) is -3.93. The van der Waals surface area contributed by atoms with Crippen LogP contribution in [0.25, 0.3) is 5.57 Å². The van der Waals surface area contributed by atoms with E-state index in [1.165, 1.54) is 0 Å². The molecule has 3 aromatic rings. The van der Waals surface area contributed by atoms with Crippen molar-refractivity contribution < 1.29 is 18.0 Å². The number of ketones is 2. The van der Waals surface area contributed by atoms with Crippen LogP contribution in [-0.2, 0) is 14.8 Å². The lowest BCUT2D eigenvalue weighted by Gasteiger charge is -2.42. The number of hydrogen-bond acceptors (Lipinski definition) is 4. The Labute approximate surface area is 238 Å². The average molecular weight is 556 g/mol. The second-order valence-corrected chi connectivity index (χ2v) is 13.5. The molecular weight excluding hydrogens is 518 g/mol. The maximum absolute atomic E-state index is 14.3. The van der Waals surface area contributed by atoms with Crippen LogP contribution in [-0.4, -0.2) is 36.9 Å². The number of hydrogen-bond donors (Lipinski definition) is 0. The van der Waals surface area contributed by atoms with E-state index in [0.29, 0.717) is 17.6 Å². The third-order valence-electron chi connectivity index (χ3n) is 7.95. The van der Waals surface area contributed by atoms with Crippen LogP contribution in [0.15, 0.2) is 95.4 Å². The van der Waals surface area contributed by atoms with Gasteiger partial charge in [-0.05, 0) is 55.4 Å². The van der Waals surface area contributed by atoms with Gasteiger partial charge in [0.1, 0.15) is 5.78 Å². The van der Waals surface area contributed by atoms with Gasteiger partial charge in [-0.25, -0.2) is 8.42 Å². The van der Waals surface area contributed by atoms with Gasteiger partial charge in [0.2, 0.25) is 10.0 Å². The number of carbonyl (C=O) groups is 2. The maximum Gasteiger partial charge on any atom is 0.243 e. The Morgan fingerprint density at radius 1 is 0.875 bits per heavy atom. The molecule has 0 spiro atoms. The van der Waals surface area contributed by atoms with Crippen LogP contribution in [0.1, 0.15) is 61.0 Å². The van der Waals surface area contributed by atoms with Crippen LogP contribution < -0.4 is 0 Å². The molecule has 0 unspecified atom stereocenters. The number of nitrogens with zero attached hydrogens (tertiary/aromatic N) is 1. The van der Waals surface area contributed by atoms with Crippen LogP contribution >= 0.6 is 0 Å². The summed E-state index contributed by atoms with van der Waals surface area (Å²) < 4.78 is 30.2. The number of sulfonamides is 1. The summed E-state index contributed by atoms with van der Waals surface area (Å²) in [6, 6.07) is 25.1. The monoisotopic (exact) mass is 555 g/mol. The third-order valence-corrected chi connectivity index (χ3v) is 9.84. The molecule has 208 valence electrons. The van der Waals surface area contributed by atoms with Crippen molar-refractivity contribution >= 4 is 27.2 Å². The van der Waals surface area contributed by atoms with Crippen molar-refractivity contribution in [1.82, 2.24) is 4.31 Å². The third kappa shape index (κ3) is 5.89. The maximum atomic E-state index is 14.3. The molecule has 40 heavy (non-hydrogen) atoms. The topological polar surface area (TPSA) is 71.5 Å². The van der Waals surface area contributed by atoms with E-state index in [1.807, 2.05) is 55.5 Å². The van der Waals surface area contributed by atoms with Crippen molar-refractivity contribution in [2.45, 2.75) is 57.4 Å². The minimum Gasteiger partial charge on any atom is -0.299 e. The highest BCUT2D eigenvalue weighted by Gasteiger charge is 2.45. The van der Waals surface area contributed by atoms with Crippen molar-refractivity contribution in [2.24, 2.45) is 17.8 Å². The molecule has 0 bridgehead atoms. The molecule has 3 aromatic carbocycles. The van der Waals surface area contributed by atoms with Gasteiger partial charge in [-0.3, -0.25) is 9.59 Å². The Kier molecular flexibility index (Phi) is 8.20. The van der Waals surface area contributed by atoms with Gasteiger partial charge >= 0.3 is 0 Å². The van der Waals surface area contributed by atoms with Gasteiger partial charge in [0, 0.05) is 35.9 Å². The van der Waals surface area contributed by atoms with Gasteiger partial charge in [-0.1, -0.05) is 92.2 Å². The molecule has 0 N–H and O–H groups in total. The molecule has 1 aliphatic heterocycles. The highest BCUT2D eigenvalue weighted by molar-refractivity contribution is 7.89. The number of benzene rings is 3. The summed E-state index contributed by atoms with van der Waals surface area (Å²) in [5.74, 6) is -0.374. The van der Waals surface area contributed by atoms with Crippen LogP contribution in [0.5, 0.6) is 0 Å². The first-order valence-electron chi connectivity index (χ1n) is 14.2. The Morgan fingerprint density at radius 2 is 1.48 bits per heavy atom. The van der Waals surface area contributed by atoms with Crippen molar-refractivity contribution in [1.29, 1.82) is 0 Å². The zero-order valence-electron chi connectivity index (χ0n) is 23.4. The molecule has 1 saturated carbocycles. The van der Waals surface area contributed by atoms with E-state index in [1.54, 1.807) is 40.7 Å². The number of rotatable bonds is 10. The molecule has 2 atom stereocenters. The van der Waals surface area contributed by atoms with Crippen molar-refractivity contribution in [2.75, 3.05) is 6.54 Å². The molecular formula is C34H37NO4S. The van der Waals surface area contributed by atoms with Gasteiger partial charge in [0.05, 0.1) is 10.9 Å². The molecule has 0 saturated heterocycles. The Morgan fingerprint density at radius 3 is 2.05 bits per heavy atom. The smallest absolute Gasteiger partial charge is 0.243 e. The normalized spacial score (nSPS) is 20.1. The standard InChI is InChI=1S/C34H37NO4S/c1-23(2)20-30-32(26-10-6-4-7-11-26)33(34(37)27-12-8-5-9-13-27)28(21-31(36)25-16-17-25)22-35(30)40(38,39)29-18-14-24(3)15-19-29/h4-15,18-19,23,25,28,30H,16-17,20-22H2,1-3H3/t28-,30-/m0/s1. The van der Waals surface area contributed by atoms with E-state index in [2.05, 4.69) is 13.8 Å². The summed E-state index contributed by atoms with van der Waals surface area (Å²) in [5, 5.41) is 0. The highest BCUT2D eigenvalue weighted by atomic mass is 32.2. The first kappa shape index (κ1) is 28.2. The molecule has 1 fully saturated rings. The minimum atomic E-state index is -3.93. The molecule has 6 heteroatoms. The second-order valence-electron chi connectivity index (χ2n) is 11.6. The largest absolute Gasteiger partial charge is 0.299 e. The first-order valence-corrected chi connectivity index (χ1v) is 15.6. The fourth-order valence-corrected chi connectivity index (χ4v) is 7.43. The fourth-order valence-electron chi connectivity index (χ4n) is 5.77. The predicted octanol–water partition coefficient (Wildman–Crippen LogP) is 6.74. The molecule has 1 aliphatic carbocycles. The zero-order chi connectivity index (χ0) is 28.4. The molecule has 1 heterocycles. The van der Waals surface area contributed by atoms with E-state index in [4.69, 9.17) is 0 Å². The Balaban J connectivity index is 1.75. The zero-order valence-corrected chi connectivity index (χ0v) is 24.2. The first-order chi connectivity index (χ1) is 19.2. The second kappa shape index (κ2) is 11.6. The lowest BCUT2D eigenvalue weighted by atomic mass is 9.76. The molecule has 0 radical (unpaired) electrons. The highest BCUT2D eigenvalue weighted by Crippen LogP contribution is 2.44. The molecule has 0 amide bonds. The summed E-state index contributed by atoms with van der Waals surface area (Å²) in [5.41, 5.74) is 3.64. The Bertz CT molecular complexity index is 1510. The number of Topliss-reactive ketones (excluding diaryl/α,β-unsaturated/α-hetero) is 2. The molecule has 0 aromatic heterocycles. The Hall–Kier alpha value is -3.35. The number of aryl methyl sites for hydroxylation is 1. The van der Waals surface area contributed by atoms with E-state index < -0.39 is 22.0 Å². The summed E-state index contributed by atoms with van der Waals surface area (Å²) in [6.07, 6.45) is 2.43. The van der Waals surface area contributed by atoms with Crippen LogP contribution in [0.2, 0.25) is 0 Å². The van der Waals surface area contributed by atoms with Crippen LogP contribution in [0.3, 0.4) is 0 Å². The van der Waals surface area contributed by atoms with Gasteiger partial charge < -0.3 is 0 Å². The van der Waals surface area contributed by atoms with E-state index >= 15 is 0 Å². The fraction of sp³-hybridized carbons (Fsp3) is 0.353. The molecule has 2 aliphatic rings. The van der Waals surface area contributed by atoms with Gasteiger partial charge in [0.15, 0.2) is 5.78 Å². The van der Waals surface area contributed by atoms with Crippen molar-refractivity contribution in [3.05, 3.63) is 107 Å². The van der Waals surface area contributed by atoms with Gasteiger partial charge in [-0.15, -0.1) is 0 Å². The van der Waals surface area contributed by atoms with E-state index in [9.17, 15) is 18.0 Å². The lowest BCUT2D eigenvalue weighted by Crippen LogP contribution is -2.49. The van der Waals surface area contributed by atoms with Crippen molar-refractivity contribution in [3.63, 3.8) is 0 Å². The minimum absolute atomic E-state index is 0.0174. The van der Waals surface area contributed by atoms with E-state index in [-0.39, 0.29) is 41.3 Å². The van der Waals surface area contributed by atoms with E-state index in [0.717, 1.165) is 29.5 Å². The predicted molar refractivity (Wildman–Crippen MR) is 158 cm³/mol. The number of carbonyl (C=O) groups excluding carboxylic acids is 2. The summed E-state index contributed by atoms with van der Waals surface area (Å²) in [6.45, 7) is 6.16. The SMILES string of the molecule is Cc1ccc(S(=O)(=O)N2C[C@H](CC(=O)C3CC3)C(C(=O)c3ccccc3)=C(c3ccccc3)[C@@H]2CC(C)C)cc1. The van der Waals surface area contributed by atoms with Crippen LogP contribution in [0, 0.1) is 24.7 Å². The van der Waals surface area contributed by atoms with Gasteiger partial charge in [-0.2, -0.15) is 4.31 Å².